The Kier molecular flexibility index (Phi) is 7.29. The second-order valence-electron chi connectivity index (χ2n) is 7.33. The van der Waals surface area contributed by atoms with Crippen molar-refractivity contribution in [1.29, 1.82) is 0 Å². The molecule has 166 valence electrons. The van der Waals surface area contributed by atoms with Crippen LogP contribution in [0.4, 0.5) is 15.3 Å². The van der Waals surface area contributed by atoms with E-state index in [1.54, 1.807) is 20.8 Å². The molecule has 0 fully saturated rings. The predicted molar refractivity (Wildman–Crippen MR) is 104 cm³/mol. The summed E-state index contributed by atoms with van der Waals surface area (Å²) in [6.07, 6.45) is 0.164. The maximum Gasteiger partial charge on any atom is 0.513 e. The fraction of sp³-hybridized carbons (Fsp3) is 0.368. The van der Waals surface area contributed by atoms with Gasteiger partial charge in [-0.25, -0.2) is 9.59 Å². The number of nitro benzene ring substituents is 1. The van der Waals surface area contributed by atoms with E-state index in [-0.39, 0.29) is 18.0 Å². The number of nitro groups is 1. The molecule has 0 saturated heterocycles. The maximum atomic E-state index is 12.0. The molecule has 0 unspecified atom stereocenters. The Labute approximate surface area is 176 Å². The van der Waals surface area contributed by atoms with Crippen LogP contribution in [-0.4, -0.2) is 58.7 Å². The average molecular weight is 435 g/mol. The summed E-state index contributed by atoms with van der Waals surface area (Å²) in [5.74, 6) is -1.27. The number of ether oxygens (including phenoxy) is 3. The normalized spacial score (nSPS) is 14.2. The molecular weight excluding hydrogens is 414 g/mol. The fourth-order valence-corrected chi connectivity index (χ4v) is 2.44. The Morgan fingerprint density at radius 1 is 1.13 bits per heavy atom. The van der Waals surface area contributed by atoms with Crippen LogP contribution >= 0.6 is 0 Å². The van der Waals surface area contributed by atoms with Crippen LogP contribution in [0.15, 0.2) is 36.4 Å². The van der Waals surface area contributed by atoms with Crippen molar-refractivity contribution >= 4 is 29.8 Å². The molecule has 0 radical (unpaired) electrons. The highest BCUT2D eigenvalue weighted by molar-refractivity contribution is 6.13. The molecule has 0 aromatic heterocycles. The topological polar surface area (TPSA) is 154 Å². The molecule has 0 aliphatic carbocycles. The van der Waals surface area contributed by atoms with Gasteiger partial charge in [0.05, 0.1) is 11.0 Å². The van der Waals surface area contributed by atoms with E-state index in [0.717, 1.165) is 29.2 Å². The number of nitrogens with one attached hydrogen (secondary N) is 1. The van der Waals surface area contributed by atoms with Crippen LogP contribution < -0.4 is 10.1 Å². The summed E-state index contributed by atoms with van der Waals surface area (Å²) in [6, 6.07) is 3.68. The number of nitrogens with zero attached hydrogens (tertiary/aromatic N) is 2. The molecule has 2 rings (SSSR count). The molecule has 1 heterocycles. The van der Waals surface area contributed by atoms with Crippen molar-refractivity contribution < 1.29 is 38.3 Å². The lowest BCUT2D eigenvalue weighted by Crippen LogP contribution is -2.50. The van der Waals surface area contributed by atoms with Crippen molar-refractivity contribution in [3.8, 4) is 5.75 Å². The van der Waals surface area contributed by atoms with E-state index in [9.17, 15) is 29.3 Å². The first-order chi connectivity index (χ1) is 14.5. The minimum Gasteiger partial charge on any atom is -0.444 e. The average Bonchev–Trinajstić information content (AvgIpc) is 2.99. The number of carbonyl (C=O) groups excluding carboxylic acids is 4. The fourth-order valence-electron chi connectivity index (χ4n) is 2.44. The number of amides is 3. The standard InChI is InChI=1S/C19H21N3O9/c1-19(2,3)31-17(25)20-10-13(21-15(23)8-9-16(21)24)11-29-18(26)30-14-6-4-12(5-7-14)22(27)28/h4-9,13H,10-11H2,1-3H3,(H,20,25)/t13-/m0/s1. The molecule has 1 aromatic rings. The minimum atomic E-state index is -1.16. The van der Waals surface area contributed by atoms with E-state index < -0.39 is 47.2 Å². The zero-order valence-corrected chi connectivity index (χ0v) is 17.0. The first-order valence-electron chi connectivity index (χ1n) is 9.07. The van der Waals surface area contributed by atoms with E-state index in [0.29, 0.717) is 0 Å². The summed E-state index contributed by atoms with van der Waals surface area (Å²) in [6.45, 7) is 4.29. The maximum absolute atomic E-state index is 12.0. The van der Waals surface area contributed by atoms with Gasteiger partial charge in [0.2, 0.25) is 0 Å². The van der Waals surface area contributed by atoms with Crippen molar-refractivity contribution in [3.05, 3.63) is 46.5 Å². The Morgan fingerprint density at radius 3 is 2.23 bits per heavy atom. The monoisotopic (exact) mass is 435 g/mol. The van der Waals surface area contributed by atoms with Crippen LogP contribution in [0, 0.1) is 10.1 Å². The Morgan fingerprint density at radius 2 is 1.71 bits per heavy atom. The summed E-state index contributed by atoms with van der Waals surface area (Å²) in [5, 5.41) is 13.1. The highest BCUT2D eigenvalue weighted by Gasteiger charge is 2.33. The molecule has 0 spiro atoms. The van der Waals surface area contributed by atoms with Gasteiger partial charge >= 0.3 is 12.2 Å². The molecule has 1 N–H and O–H groups in total. The molecular formula is C19H21N3O9. The lowest BCUT2D eigenvalue weighted by Gasteiger charge is -2.26. The van der Waals surface area contributed by atoms with Crippen LogP contribution in [-0.2, 0) is 19.1 Å². The van der Waals surface area contributed by atoms with Gasteiger partial charge in [-0.2, -0.15) is 0 Å². The van der Waals surface area contributed by atoms with Crippen LogP contribution in [0.3, 0.4) is 0 Å². The number of rotatable bonds is 7. The van der Waals surface area contributed by atoms with Gasteiger partial charge in [-0.3, -0.25) is 24.6 Å². The van der Waals surface area contributed by atoms with Gasteiger partial charge in [0.1, 0.15) is 18.0 Å². The van der Waals surface area contributed by atoms with Gasteiger partial charge < -0.3 is 19.5 Å². The first kappa shape index (κ1) is 23.3. The van der Waals surface area contributed by atoms with Crippen molar-refractivity contribution in [1.82, 2.24) is 10.2 Å². The van der Waals surface area contributed by atoms with Crippen molar-refractivity contribution in [2.24, 2.45) is 0 Å². The molecule has 1 aliphatic rings. The number of hydrogen-bond donors (Lipinski definition) is 1. The molecule has 0 bridgehead atoms. The number of alkyl carbamates (subject to hydrolysis) is 1. The smallest absolute Gasteiger partial charge is 0.444 e. The third kappa shape index (κ3) is 7.10. The quantitative estimate of drug-likeness (QED) is 0.222. The van der Waals surface area contributed by atoms with Gasteiger partial charge in [-0.15, -0.1) is 0 Å². The molecule has 1 aliphatic heterocycles. The lowest BCUT2D eigenvalue weighted by atomic mass is 10.2. The summed E-state index contributed by atoms with van der Waals surface area (Å²) in [4.78, 5) is 58.6. The summed E-state index contributed by atoms with van der Waals surface area (Å²) < 4.78 is 15.0. The number of benzene rings is 1. The van der Waals surface area contributed by atoms with Gasteiger partial charge in [0, 0.05) is 30.8 Å². The highest BCUT2D eigenvalue weighted by Crippen LogP contribution is 2.18. The molecule has 1 atom stereocenters. The number of imide groups is 1. The molecule has 0 saturated carbocycles. The number of carbonyl (C=O) groups is 4. The molecule has 31 heavy (non-hydrogen) atoms. The Bertz CT molecular complexity index is 885. The third-order valence-corrected chi connectivity index (χ3v) is 3.73. The van der Waals surface area contributed by atoms with Crippen molar-refractivity contribution in [2.75, 3.05) is 13.2 Å². The van der Waals surface area contributed by atoms with E-state index in [4.69, 9.17) is 14.2 Å². The molecule has 12 heteroatoms. The van der Waals surface area contributed by atoms with Crippen LogP contribution in [0.25, 0.3) is 0 Å². The SMILES string of the molecule is CC(C)(C)OC(=O)NC[C@@H](COC(=O)Oc1ccc([N+](=O)[O-])cc1)N1C(=O)C=CC1=O. The van der Waals surface area contributed by atoms with Gasteiger partial charge in [-0.05, 0) is 32.9 Å². The summed E-state index contributed by atoms with van der Waals surface area (Å²) >= 11 is 0. The zero-order valence-electron chi connectivity index (χ0n) is 17.0. The zero-order chi connectivity index (χ0) is 23.2. The molecule has 1 aromatic carbocycles. The Hall–Kier alpha value is -3.96. The van der Waals surface area contributed by atoms with Gasteiger partial charge in [-0.1, -0.05) is 0 Å². The van der Waals surface area contributed by atoms with Crippen LogP contribution in [0.5, 0.6) is 5.75 Å². The second kappa shape index (κ2) is 9.69. The van der Waals surface area contributed by atoms with Crippen LogP contribution in [0.2, 0.25) is 0 Å². The molecule has 3 amide bonds. The second-order valence-corrected chi connectivity index (χ2v) is 7.33. The van der Waals surface area contributed by atoms with Crippen molar-refractivity contribution in [2.45, 2.75) is 32.4 Å². The molecule has 12 nitrogen and oxygen atoms in total. The Balaban J connectivity index is 1.97. The van der Waals surface area contributed by atoms with E-state index in [1.807, 2.05) is 0 Å². The largest absolute Gasteiger partial charge is 0.513 e. The van der Waals surface area contributed by atoms with E-state index in [2.05, 4.69) is 5.32 Å². The number of hydrogen-bond acceptors (Lipinski definition) is 9. The predicted octanol–water partition coefficient (Wildman–Crippen LogP) is 1.93. The lowest BCUT2D eigenvalue weighted by molar-refractivity contribution is -0.384. The highest BCUT2D eigenvalue weighted by atomic mass is 16.7. The third-order valence-electron chi connectivity index (χ3n) is 3.73. The minimum absolute atomic E-state index is 0.00554. The van der Waals surface area contributed by atoms with Gasteiger partial charge in [0.15, 0.2) is 0 Å². The summed E-state index contributed by atoms with van der Waals surface area (Å²) in [5.41, 5.74) is -0.946. The van der Waals surface area contributed by atoms with Gasteiger partial charge in [0.25, 0.3) is 17.5 Å². The summed E-state index contributed by atoms with van der Waals surface area (Å²) in [7, 11) is 0. The number of non-ortho nitro benzene ring substituents is 1. The van der Waals surface area contributed by atoms with Crippen molar-refractivity contribution in [3.63, 3.8) is 0 Å². The first-order valence-corrected chi connectivity index (χ1v) is 9.07. The van der Waals surface area contributed by atoms with Crippen LogP contribution in [0.1, 0.15) is 20.8 Å². The van der Waals surface area contributed by atoms with E-state index in [1.165, 1.54) is 12.1 Å². The van der Waals surface area contributed by atoms with E-state index >= 15 is 0 Å².